The van der Waals surface area contributed by atoms with Crippen LogP contribution in [0.5, 0.6) is 11.5 Å². The second kappa shape index (κ2) is 9.53. The molecule has 0 unspecified atom stereocenters. The highest BCUT2D eigenvalue weighted by Gasteiger charge is 2.24. The fraction of sp³-hybridized carbons (Fsp3) is 0.478. The number of aliphatic hydroxyl groups excluding tert-OH is 1. The number of aliphatic hydroxyl groups is 1. The number of piperidine rings is 1. The fourth-order valence-corrected chi connectivity index (χ4v) is 4.23. The average Bonchev–Trinajstić information content (AvgIpc) is 3.14. The van der Waals surface area contributed by atoms with Crippen LogP contribution in [0, 0.1) is 6.92 Å². The zero-order valence-electron chi connectivity index (χ0n) is 18.3. The molecule has 31 heavy (non-hydrogen) atoms. The monoisotopic (exact) mass is 425 g/mol. The van der Waals surface area contributed by atoms with Gasteiger partial charge in [0.15, 0.2) is 17.1 Å². The second-order valence-electron chi connectivity index (χ2n) is 8.02. The number of nitrogens with zero attached hydrogens (tertiary/aromatic N) is 4. The van der Waals surface area contributed by atoms with Crippen molar-refractivity contribution in [2.75, 3.05) is 38.6 Å². The molecule has 0 saturated carbocycles. The molecule has 8 nitrogen and oxygen atoms in total. The van der Waals surface area contributed by atoms with E-state index >= 15 is 0 Å². The lowest BCUT2D eigenvalue weighted by molar-refractivity contribution is 0.192. The minimum absolute atomic E-state index is 0.0221. The van der Waals surface area contributed by atoms with Crippen molar-refractivity contribution >= 4 is 11.5 Å². The minimum atomic E-state index is -0.0221. The van der Waals surface area contributed by atoms with Crippen LogP contribution in [0.4, 0.5) is 5.82 Å². The Morgan fingerprint density at radius 2 is 2.06 bits per heavy atom. The molecule has 1 saturated heterocycles. The highest BCUT2D eigenvalue weighted by molar-refractivity contribution is 5.49. The number of fused-ring (bicyclic) bond motifs is 1. The summed E-state index contributed by atoms with van der Waals surface area (Å²) in [6.07, 6.45) is 2.22. The number of nitrogens with two attached hydrogens (primary N) is 1. The van der Waals surface area contributed by atoms with Crippen molar-refractivity contribution in [1.29, 1.82) is 0 Å². The molecular weight excluding hydrogens is 394 g/mol. The highest BCUT2D eigenvalue weighted by Crippen LogP contribution is 2.31. The van der Waals surface area contributed by atoms with E-state index in [1.165, 1.54) is 5.56 Å². The van der Waals surface area contributed by atoms with E-state index in [0.29, 0.717) is 24.1 Å². The number of benzene rings is 1. The first-order valence-corrected chi connectivity index (χ1v) is 10.9. The SMILES string of the molecule is CCOc1cc(CN2CCC[C@H](c3cc(N)n4nc(C)cc4n3)C2)ccc1OCCO. The molecule has 0 bridgehead atoms. The van der Waals surface area contributed by atoms with E-state index in [4.69, 9.17) is 25.3 Å². The van der Waals surface area contributed by atoms with Crippen molar-refractivity contribution < 1.29 is 14.6 Å². The van der Waals surface area contributed by atoms with Gasteiger partial charge in [-0.1, -0.05) is 6.07 Å². The zero-order valence-corrected chi connectivity index (χ0v) is 18.3. The summed E-state index contributed by atoms with van der Waals surface area (Å²) in [5.41, 5.74) is 10.2. The molecule has 4 rings (SSSR count). The van der Waals surface area contributed by atoms with E-state index in [9.17, 15) is 0 Å². The molecule has 0 spiro atoms. The molecule has 0 aliphatic carbocycles. The number of aryl methyl sites for hydroxylation is 1. The molecule has 1 fully saturated rings. The van der Waals surface area contributed by atoms with E-state index in [1.807, 2.05) is 38.1 Å². The lowest BCUT2D eigenvalue weighted by Crippen LogP contribution is -2.34. The summed E-state index contributed by atoms with van der Waals surface area (Å²) in [6, 6.07) is 9.97. The van der Waals surface area contributed by atoms with Gasteiger partial charge >= 0.3 is 0 Å². The van der Waals surface area contributed by atoms with Gasteiger partial charge in [-0.3, -0.25) is 4.90 Å². The van der Waals surface area contributed by atoms with Crippen molar-refractivity contribution in [3.05, 3.63) is 47.3 Å². The van der Waals surface area contributed by atoms with Gasteiger partial charge in [-0.15, -0.1) is 0 Å². The molecule has 0 radical (unpaired) electrons. The Hall–Kier alpha value is -2.84. The highest BCUT2D eigenvalue weighted by atomic mass is 16.5. The van der Waals surface area contributed by atoms with E-state index in [0.717, 1.165) is 55.3 Å². The third-order valence-electron chi connectivity index (χ3n) is 5.58. The number of hydrogen-bond acceptors (Lipinski definition) is 7. The maximum atomic E-state index is 9.02. The summed E-state index contributed by atoms with van der Waals surface area (Å²) in [7, 11) is 0. The Bertz CT molecular complexity index is 1040. The number of hydrogen-bond donors (Lipinski definition) is 2. The van der Waals surface area contributed by atoms with Gasteiger partial charge in [0.25, 0.3) is 0 Å². The van der Waals surface area contributed by atoms with E-state index in [1.54, 1.807) is 4.52 Å². The van der Waals surface area contributed by atoms with Crippen LogP contribution in [0.2, 0.25) is 0 Å². The molecular formula is C23H31N5O3. The maximum Gasteiger partial charge on any atom is 0.161 e. The van der Waals surface area contributed by atoms with Gasteiger partial charge < -0.3 is 20.3 Å². The number of nitrogen functional groups attached to an aromatic ring is 1. The van der Waals surface area contributed by atoms with Crippen LogP contribution in [-0.4, -0.2) is 57.5 Å². The molecule has 3 heterocycles. The molecule has 1 aliphatic rings. The largest absolute Gasteiger partial charge is 0.490 e. The van der Waals surface area contributed by atoms with Crippen LogP contribution in [0.3, 0.4) is 0 Å². The van der Waals surface area contributed by atoms with Gasteiger partial charge in [-0.2, -0.15) is 9.61 Å². The standard InChI is InChI=1S/C23H31N5O3/c1-3-30-21-12-17(6-7-20(21)31-10-9-29)14-27-8-4-5-18(15-27)19-13-22(24)28-23(25-19)11-16(2)26-28/h6-7,11-13,18,29H,3-5,8-10,14-15,24H2,1-2H3/t18-/m0/s1. The Labute approximate surface area is 182 Å². The first-order chi connectivity index (χ1) is 15.1. The summed E-state index contributed by atoms with van der Waals surface area (Å²) in [4.78, 5) is 7.29. The summed E-state index contributed by atoms with van der Waals surface area (Å²) in [5, 5.41) is 13.4. The van der Waals surface area contributed by atoms with E-state index in [-0.39, 0.29) is 13.2 Å². The Morgan fingerprint density at radius 3 is 2.87 bits per heavy atom. The van der Waals surface area contributed by atoms with Gasteiger partial charge in [-0.25, -0.2) is 4.98 Å². The first-order valence-electron chi connectivity index (χ1n) is 10.9. The van der Waals surface area contributed by atoms with Crippen LogP contribution in [0.25, 0.3) is 5.65 Å². The van der Waals surface area contributed by atoms with Crippen molar-refractivity contribution in [1.82, 2.24) is 19.5 Å². The number of ether oxygens (including phenoxy) is 2. The average molecular weight is 426 g/mol. The predicted octanol–water partition coefficient (Wildman–Crippen LogP) is 2.77. The maximum absolute atomic E-state index is 9.02. The van der Waals surface area contributed by atoms with Gasteiger partial charge in [0, 0.05) is 31.1 Å². The lowest BCUT2D eigenvalue weighted by Gasteiger charge is -2.32. The van der Waals surface area contributed by atoms with Crippen LogP contribution in [-0.2, 0) is 6.54 Å². The Morgan fingerprint density at radius 1 is 1.19 bits per heavy atom. The molecule has 3 N–H and O–H groups in total. The molecule has 1 aromatic carbocycles. The van der Waals surface area contributed by atoms with E-state index < -0.39 is 0 Å². The lowest BCUT2D eigenvalue weighted by atomic mass is 9.94. The van der Waals surface area contributed by atoms with Crippen molar-refractivity contribution in [2.24, 2.45) is 0 Å². The van der Waals surface area contributed by atoms with Gasteiger partial charge in [0.2, 0.25) is 0 Å². The van der Waals surface area contributed by atoms with Crippen LogP contribution in [0.1, 0.15) is 42.6 Å². The van der Waals surface area contributed by atoms with Crippen LogP contribution in [0.15, 0.2) is 30.3 Å². The van der Waals surface area contributed by atoms with E-state index in [2.05, 4.69) is 16.1 Å². The minimum Gasteiger partial charge on any atom is -0.490 e. The topological polar surface area (TPSA) is 98.1 Å². The molecule has 8 heteroatoms. The predicted molar refractivity (Wildman–Crippen MR) is 120 cm³/mol. The molecule has 3 aromatic rings. The third kappa shape index (κ3) is 4.91. The van der Waals surface area contributed by atoms with Crippen LogP contribution < -0.4 is 15.2 Å². The number of aromatic nitrogens is 3. The summed E-state index contributed by atoms with van der Waals surface area (Å²) >= 11 is 0. The third-order valence-corrected chi connectivity index (χ3v) is 5.58. The zero-order chi connectivity index (χ0) is 21.8. The second-order valence-corrected chi connectivity index (χ2v) is 8.02. The van der Waals surface area contributed by atoms with Gasteiger partial charge in [-0.05, 0) is 50.9 Å². The summed E-state index contributed by atoms with van der Waals surface area (Å²) in [6.45, 7) is 7.52. The Balaban J connectivity index is 1.48. The molecule has 0 amide bonds. The summed E-state index contributed by atoms with van der Waals surface area (Å²) in [5.74, 6) is 2.36. The first kappa shape index (κ1) is 21.4. The molecule has 2 aromatic heterocycles. The van der Waals surface area contributed by atoms with Crippen molar-refractivity contribution in [3.8, 4) is 11.5 Å². The number of likely N-dealkylation sites (tertiary alicyclic amines) is 1. The van der Waals surface area contributed by atoms with Crippen molar-refractivity contribution in [3.63, 3.8) is 0 Å². The normalized spacial score (nSPS) is 17.2. The Kier molecular flexibility index (Phi) is 6.58. The summed E-state index contributed by atoms with van der Waals surface area (Å²) < 4.78 is 13.0. The fourth-order valence-electron chi connectivity index (χ4n) is 4.23. The number of rotatable bonds is 8. The van der Waals surface area contributed by atoms with Crippen molar-refractivity contribution in [2.45, 2.75) is 39.2 Å². The number of anilines is 1. The smallest absolute Gasteiger partial charge is 0.161 e. The van der Waals surface area contributed by atoms with Gasteiger partial charge in [0.05, 0.1) is 24.6 Å². The molecule has 1 aliphatic heterocycles. The molecule has 1 atom stereocenters. The van der Waals surface area contributed by atoms with Gasteiger partial charge in [0.1, 0.15) is 12.4 Å². The quantitative estimate of drug-likeness (QED) is 0.573. The van der Waals surface area contributed by atoms with Crippen LogP contribution >= 0.6 is 0 Å². The molecule has 166 valence electrons.